The lowest BCUT2D eigenvalue weighted by atomic mass is 10.3. The molecule has 21 heavy (non-hydrogen) atoms. The van der Waals surface area contributed by atoms with Gasteiger partial charge >= 0.3 is 11.5 Å². The average molecular weight is 331 g/mol. The third-order valence-electron chi connectivity index (χ3n) is 2.04. The van der Waals surface area contributed by atoms with E-state index in [0.29, 0.717) is 11.4 Å². The number of pyridine rings is 1. The largest absolute Gasteiger partial charge is 0.741 e. The second kappa shape index (κ2) is 7.22. The van der Waals surface area contributed by atoms with Gasteiger partial charge in [0, 0.05) is 6.07 Å². The van der Waals surface area contributed by atoms with Crippen molar-refractivity contribution in [3.63, 3.8) is 0 Å². The Balaban J connectivity index is 0.000000433. The number of ether oxygens (including phenoxy) is 2. The van der Waals surface area contributed by atoms with E-state index in [9.17, 15) is 18.0 Å². The summed E-state index contributed by atoms with van der Waals surface area (Å²) < 4.78 is 70.2. The van der Waals surface area contributed by atoms with Crippen molar-refractivity contribution in [2.75, 3.05) is 14.2 Å². The zero-order valence-electron chi connectivity index (χ0n) is 11.2. The highest BCUT2D eigenvalue weighted by molar-refractivity contribution is 7.86. The summed E-state index contributed by atoms with van der Waals surface area (Å²) in [5.41, 5.74) is -5.19. The minimum Gasteiger partial charge on any atom is -0.741 e. The Bertz CT molecular complexity index is 599. The fourth-order valence-electron chi connectivity index (χ4n) is 0.985. The second-order valence-electron chi connectivity index (χ2n) is 3.45. The maximum Gasteiger partial charge on any atom is 0.485 e. The van der Waals surface area contributed by atoms with Gasteiger partial charge in [0.05, 0.1) is 20.3 Å². The van der Waals surface area contributed by atoms with Crippen LogP contribution in [-0.4, -0.2) is 38.7 Å². The number of esters is 1. The molecule has 0 unspecified atom stereocenters. The topological polar surface area (TPSA) is 96.6 Å². The molecule has 0 radical (unpaired) electrons. The summed E-state index contributed by atoms with van der Waals surface area (Å²) in [6, 6.07) is 3.40. The van der Waals surface area contributed by atoms with E-state index in [1.807, 2.05) is 0 Å². The molecule has 0 aliphatic carbocycles. The summed E-state index contributed by atoms with van der Waals surface area (Å²) in [5.74, 6) is 0.264. The Hall–Kier alpha value is -1.88. The maximum atomic E-state index is 11.2. The SMILES string of the molecule is COC(=O)c1cc(OC)cc[n+]1C.O=S(=O)([O-])C(F)(F)F. The number of nitrogens with zero attached hydrogens (tertiary/aromatic N) is 1. The van der Waals surface area contributed by atoms with E-state index >= 15 is 0 Å². The van der Waals surface area contributed by atoms with E-state index in [2.05, 4.69) is 4.74 Å². The molecule has 0 atom stereocenters. The normalized spacial score (nSPS) is 11.2. The molecule has 1 rings (SSSR count). The summed E-state index contributed by atoms with van der Waals surface area (Å²) >= 11 is 0. The van der Waals surface area contributed by atoms with Gasteiger partial charge in [0.1, 0.15) is 12.8 Å². The molecular formula is C10H12F3NO6S. The average Bonchev–Trinajstić information content (AvgIpc) is 2.37. The highest BCUT2D eigenvalue weighted by Crippen LogP contribution is 2.20. The molecule has 0 saturated heterocycles. The van der Waals surface area contributed by atoms with E-state index in [-0.39, 0.29) is 5.97 Å². The van der Waals surface area contributed by atoms with Crippen LogP contribution in [0.5, 0.6) is 5.75 Å². The van der Waals surface area contributed by atoms with E-state index in [1.54, 1.807) is 37.1 Å². The zero-order chi connectivity index (χ0) is 16.8. The van der Waals surface area contributed by atoms with Crippen LogP contribution in [0.1, 0.15) is 10.5 Å². The van der Waals surface area contributed by atoms with Crippen molar-refractivity contribution in [2.45, 2.75) is 5.51 Å². The van der Waals surface area contributed by atoms with Gasteiger partial charge in [-0.1, -0.05) is 0 Å². The Morgan fingerprint density at radius 3 is 2.14 bits per heavy atom. The molecule has 1 aromatic heterocycles. The summed E-state index contributed by atoms with van der Waals surface area (Å²) in [6.07, 6.45) is 1.74. The molecule has 0 amide bonds. The number of carbonyl (C=O) groups is 1. The van der Waals surface area contributed by atoms with Crippen molar-refractivity contribution in [3.05, 3.63) is 24.0 Å². The van der Waals surface area contributed by atoms with Crippen molar-refractivity contribution in [3.8, 4) is 5.75 Å². The highest BCUT2D eigenvalue weighted by atomic mass is 32.2. The minimum absolute atomic E-state index is 0.374. The Kier molecular flexibility index (Phi) is 6.57. The van der Waals surface area contributed by atoms with Crippen LogP contribution in [-0.2, 0) is 21.9 Å². The van der Waals surface area contributed by atoms with Crippen molar-refractivity contribution in [1.29, 1.82) is 0 Å². The number of alkyl halides is 3. The van der Waals surface area contributed by atoms with Gasteiger partial charge < -0.3 is 14.0 Å². The van der Waals surface area contributed by atoms with Crippen LogP contribution in [0.3, 0.4) is 0 Å². The van der Waals surface area contributed by atoms with Crippen molar-refractivity contribution < 1.29 is 45.0 Å². The monoisotopic (exact) mass is 331 g/mol. The van der Waals surface area contributed by atoms with Gasteiger partial charge in [-0.3, -0.25) is 0 Å². The first-order valence-electron chi connectivity index (χ1n) is 5.08. The molecule has 120 valence electrons. The molecule has 0 aliphatic heterocycles. The first kappa shape index (κ1) is 19.1. The molecule has 0 aromatic carbocycles. The van der Waals surface area contributed by atoms with Crippen molar-refractivity contribution in [1.82, 2.24) is 0 Å². The standard InChI is InChI=1S/C9H12NO3.CHF3O3S/c1-10-5-4-7(12-2)6-8(10)9(11)13-3;2-1(3,4)8(5,6)7/h4-6H,1-3H3;(H,5,6,7)/q+1;/p-1. The smallest absolute Gasteiger partial charge is 0.485 e. The molecule has 0 spiro atoms. The molecule has 0 N–H and O–H groups in total. The molecule has 7 nitrogen and oxygen atoms in total. The second-order valence-corrected chi connectivity index (χ2v) is 4.83. The highest BCUT2D eigenvalue weighted by Gasteiger charge is 2.36. The number of aromatic nitrogens is 1. The third-order valence-corrected chi connectivity index (χ3v) is 2.60. The molecule has 0 bridgehead atoms. The molecule has 0 saturated carbocycles. The van der Waals surface area contributed by atoms with Crippen LogP contribution in [0.15, 0.2) is 18.3 Å². The number of hydrogen-bond donors (Lipinski definition) is 0. The molecular weight excluding hydrogens is 319 g/mol. The summed E-state index contributed by atoms with van der Waals surface area (Å²) in [7, 11) is -1.42. The van der Waals surface area contributed by atoms with Gasteiger partial charge in [-0.15, -0.1) is 0 Å². The van der Waals surface area contributed by atoms with Crippen LogP contribution in [0.25, 0.3) is 0 Å². The zero-order valence-corrected chi connectivity index (χ0v) is 12.0. The van der Waals surface area contributed by atoms with E-state index in [1.165, 1.54) is 7.11 Å². The lowest BCUT2D eigenvalue weighted by molar-refractivity contribution is -0.674. The number of aryl methyl sites for hydroxylation is 1. The predicted octanol–water partition coefficient (Wildman–Crippen LogP) is 0.358. The summed E-state index contributed by atoms with van der Waals surface area (Å²) in [4.78, 5) is 11.2. The minimum atomic E-state index is -6.09. The molecule has 1 heterocycles. The van der Waals surface area contributed by atoms with Gasteiger partial charge in [0.25, 0.3) is 5.69 Å². The van der Waals surface area contributed by atoms with Gasteiger partial charge in [0.2, 0.25) is 0 Å². The Labute approximate surface area is 118 Å². The van der Waals surface area contributed by atoms with Crippen LogP contribution in [0, 0.1) is 0 Å². The third kappa shape index (κ3) is 5.95. The van der Waals surface area contributed by atoms with Gasteiger partial charge in [-0.05, 0) is 0 Å². The number of halogens is 3. The van der Waals surface area contributed by atoms with Crippen LogP contribution >= 0.6 is 0 Å². The summed E-state index contributed by atoms with van der Waals surface area (Å²) in [6.45, 7) is 0. The van der Waals surface area contributed by atoms with Crippen LogP contribution < -0.4 is 9.30 Å². The first-order chi connectivity index (χ1) is 9.44. The lowest BCUT2D eigenvalue weighted by Gasteiger charge is -2.08. The quantitative estimate of drug-likeness (QED) is 0.336. The number of carbonyl (C=O) groups excluding carboxylic acids is 1. The fourth-order valence-corrected chi connectivity index (χ4v) is 0.985. The Morgan fingerprint density at radius 1 is 1.33 bits per heavy atom. The molecule has 0 aliphatic rings. The fraction of sp³-hybridized carbons (Fsp3) is 0.400. The van der Waals surface area contributed by atoms with Crippen molar-refractivity contribution in [2.24, 2.45) is 7.05 Å². The number of methoxy groups -OCH3 is 2. The van der Waals surface area contributed by atoms with Crippen molar-refractivity contribution >= 4 is 16.1 Å². The lowest BCUT2D eigenvalue weighted by Crippen LogP contribution is -2.36. The molecule has 0 fully saturated rings. The van der Waals surface area contributed by atoms with Gasteiger partial charge in [-0.2, -0.15) is 17.7 Å². The first-order valence-corrected chi connectivity index (χ1v) is 6.49. The number of rotatable bonds is 2. The predicted molar refractivity (Wildman–Crippen MR) is 61.3 cm³/mol. The van der Waals surface area contributed by atoms with E-state index < -0.39 is 15.6 Å². The number of hydrogen-bond acceptors (Lipinski definition) is 6. The molecule has 1 aromatic rings. The van der Waals surface area contributed by atoms with E-state index in [4.69, 9.17) is 17.7 Å². The van der Waals surface area contributed by atoms with Gasteiger partial charge in [0.15, 0.2) is 16.3 Å². The molecule has 11 heteroatoms. The maximum absolute atomic E-state index is 11.2. The summed E-state index contributed by atoms with van der Waals surface area (Å²) in [5, 5.41) is 0. The van der Waals surface area contributed by atoms with Gasteiger partial charge in [-0.25, -0.2) is 13.2 Å². The van der Waals surface area contributed by atoms with E-state index in [0.717, 1.165) is 0 Å². The van der Waals surface area contributed by atoms with Crippen LogP contribution in [0.2, 0.25) is 0 Å². The Morgan fingerprint density at radius 2 is 1.81 bits per heavy atom. The van der Waals surface area contributed by atoms with Crippen LogP contribution in [0.4, 0.5) is 13.2 Å².